The van der Waals surface area contributed by atoms with Crippen molar-refractivity contribution in [1.29, 1.82) is 0 Å². The van der Waals surface area contributed by atoms with E-state index < -0.39 is 0 Å². The highest BCUT2D eigenvalue weighted by atomic mass is 79.9. The van der Waals surface area contributed by atoms with Crippen LogP contribution >= 0.6 is 27.3 Å². The van der Waals surface area contributed by atoms with Gasteiger partial charge in [0.25, 0.3) is 0 Å². The lowest BCUT2D eigenvalue weighted by atomic mass is 10.1. The molecule has 0 aliphatic carbocycles. The van der Waals surface area contributed by atoms with E-state index >= 15 is 0 Å². The molecule has 2 amide bonds. The Morgan fingerprint density at radius 2 is 2.00 bits per heavy atom. The van der Waals surface area contributed by atoms with E-state index in [0.717, 1.165) is 25.4 Å². The minimum absolute atomic E-state index is 0.0165. The molecular formula is C20H18BrN3O2S. The Balaban J connectivity index is 1.46. The highest BCUT2D eigenvalue weighted by Crippen LogP contribution is 2.32. The Bertz CT molecular complexity index is 986. The Morgan fingerprint density at radius 3 is 2.78 bits per heavy atom. The predicted octanol–water partition coefficient (Wildman–Crippen LogP) is 4.07. The first-order chi connectivity index (χ1) is 13.0. The average molecular weight is 444 g/mol. The Kier molecular flexibility index (Phi) is 4.97. The first kappa shape index (κ1) is 18.1. The monoisotopic (exact) mass is 443 g/mol. The molecule has 2 aromatic carbocycles. The van der Waals surface area contributed by atoms with Crippen LogP contribution in [0.3, 0.4) is 0 Å². The molecule has 1 unspecified atom stereocenters. The lowest BCUT2D eigenvalue weighted by Gasteiger charge is -2.21. The highest BCUT2D eigenvalue weighted by molar-refractivity contribution is 9.10. The molecule has 0 N–H and O–H groups in total. The van der Waals surface area contributed by atoms with Crippen LogP contribution in [0.2, 0.25) is 0 Å². The van der Waals surface area contributed by atoms with Crippen LogP contribution in [-0.2, 0) is 16.1 Å². The fraction of sp³-hybridized carbons (Fsp3) is 0.250. The van der Waals surface area contributed by atoms with Crippen molar-refractivity contribution in [3.8, 4) is 0 Å². The smallest absolute Gasteiger partial charge is 0.228 e. The second kappa shape index (κ2) is 7.40. The van der Waals surface area contributed by atoms with Gasteiger partial charge in [-0.3, -0.25) is 9.59 Å². The molecule has 7 heteroatoms. The molecular weight excluding hydrogens is 426 g/mol. The van der Waals surface area contributed by atoms with E-state index in [9.17, 15) is 9.59 Å². The molecule has 0 bridgehead atoms. The maximum absolute atomic E-state index is 12.9. The van der Waals surface area contributed by atoms with E-state index in [1.54, 1.807) is 28.2 Å². The Morgan fingerprint density at radius 1 is 1.26 bits per heavy atom. The van der Waals surface area contributed by atoms with Crippen LogP contribution in [0.25, 0.3) is 10.2 Å². The average Bonchev–Trinajstić information content (AvgIpc) is 3.24. The van der Waals surface area contributed by atoms with Crippen LogP contribution in [0.4, 0.5) is 5.69 Å². The molecule has 0 saturated carbocycles. The second-order valence-corrected chi connectivity index (χ2v) is 8.60. The van der Waals surface area contributed by atoms with Gasteiger partial charge >= 0.3 is 0 Å². The summed E-state index contributed by atoms with van der Waals surface area (Å²) in [5, 5.41) is 0.902. The fourth-order valence-corrected chi connectivity index (χ4v) is 4.88. The number of benzene rings is 2. The number of hydrogen-bond donors (Lipinski definition) is 0. The number of para-hydroxylation sites is 2. The number of amides is 2. The summed E-state index contributed by atoms with van der Waals surface area (Å²) in [5.41, 5.74) is 1.76. The topological polar surface area (TPSA) is 53.5 Å². The van der Waals surface area contributed by atoms with Crippen molar-refractivity contribution in [2.75, 3.05) is 18.5 Å². The van der Waals surface area contributed by atoms with Crippen molar-refractivity contribution in [3.05, 3.63) is 58.0 Å². The van der Waals surface area contributed by atoms with Crippen LogP contribution in [0.1, 0.15) is 11.4 Å². The second-order valence-electron chi connectivity index (χ2n) is 6.63. The summed E-state index contributed by atoms with van der Waals surface area (Å²) in [7, 11) is 1.78. The van der Waals surface area contributed by atoms with Crippen molar-refractivity contribution in [2.45, 2.75) is 13.0 Å². The first-order valence-corrected chi connectivity index (χ1v) is 10.3. The standard InChI is InChI=1S/C20H18BrN3O2S/c1-23(12-18-22-15-7-3-5-9-17(15)27-18)20(26)13-10-19(25)24(11-13)16-8-4-2-6-14(16)21/h2-9,13H,10-12H2,1H3. The molecule has 1 fully saturated rings. The van der Waals surface area contributed by atoms with Crippen LogP contribution in [0.5, 0.6) is 0 Å². The van der Waals surface area contributed by atoms with Crippen molar-refractivity contribution in [2.24, 2.45) is 5.92 Å². The van der Waals surface area contributed by atoms with E-state index in [4.69, 9.17) is 0 Å². The predicted molar refractivity (Wildman–Crippen MR) is 111 cm³/mol. The maximum atomic E-state index is 12.9. The molecule has 5 nitrogen and oxygen atoms in total. The number of hydrogen-bond acceptors (Lipinski definition) is 4. The summed E-state index contributed by atoms with van der Waals surface area (Å²) in [6, 6.07) is 15.5. The lowest BCUT2D eigenvalue weighted by molar-refractivity contribution is -0.135. The molecule has 1 aliphatic heterocycles. The zero-order valence-electron chi connectivity index (χ0n) is 14.8. The molecule has 27 heavy (non-hydrogen) atoms. The number of carbonyl (C=O) groups is 2. The zero-order valence-corrected chi connectivity index (χ0v) is 17.2. The molecule has 138 valence electrons. The van der Waals surface area contributed by atoms with Gasteiger partial charge in [0, 0.05) is 24.5 Å². The Hall–Kier alpha value is -2.25. The normalized spacial score (nSPS) is 16.9. The number of rotatable bonds is 4. The summed E-state index contributed by atoms with van der Waals surface area (Å²) in [6.07, 6.45) is 0.240. The first-order valence-electron chi connectivity index (χ1n) is 8.67. The summed E-state index contributed by atoms with van der Waals surface area (Å²) >= 11 is 5.08. The maximum Gasteiger partial charge on any atom is 0.228 e. The number of anilines is 1. The fourth-order valence-electron chi connectivity index (χ4n) is 3.36. The molecule has 1 saturated heterocycles. The number of fused-ring (bicyclic) bond motifs is 1. The molecule has 0 radical (unpaired) electrons. The summed E-state index contributed by atoms with van der Waals surface area (Å²) in [4.78, 5) is 33.3. The van der Waals surface area contributed by atoms with Crippen molar-refractivity contribution >= 4 is 55.0 Å². The van der Waals surface area contributed by atoms with E-state index in [2.05, 4.69) is 20.9 Å². The molecule has 0 spiro atoms. The van der Waals surface area contributed by atoms with Gasteiger partial charge in [-0.25, -0.2) is 4.98 Å². The molecule has 2 heterocycles. The number of aromatic nitrogens is 1. The van der Waals surface area contributed by atoms with E-state index in [0.29, 0.717) is 13.1 Å². The van der Waals surface area contributed by atoms with Gasteiger partial charge in [-0.05, 0) is 40.2 Å². The molecule has 1 atom stereocenters. The third-order valence-corrected chi connectivity index (χ3v) is 6.40. The van der Waals surface area contributed by atoms with Crippen LogP contribution < -0.4 is 4.90 Å². The number of carbonyl (C=O) groups excluding carboxylic acids is 2. The van der Waals surface area contributed by atoms with Gasteiger partial charge in [-0.15, -0.1) is 11.3 Å². The van der Waals surface area contributed by atoms with E-state index in [1.807, 2.05) is 48.5 Å². The molecule has 1 aromatic heterocycles. The van der Waals surface area contributed by atoms with Gasteiger partial charge in [0.15, 0.2) is 0 Å². The van der Waals surface area contributed by atoms with Crippen LogP contribution in [0.15, 0.2) is 53.0 Å². The van der Waals surface area contributed by atoms with Crippen LogP contribution in [-0.4, -0.2) is 35.3 Å². The minimum Gasteiger partial charge on any atom is -0.339 e. The molecule has 1 aliphatic rings. The van der Waals surface area contributed by atoms with E-state index in [1.165, 1.54) is 0 Å². The lowest BCUT2D eigenvalue weighted by Crippen LogP contribution is -2.34. The quantitative estimate of drug-likeness (QED) is 0.610. The number of nitrogens with zero attached hydrogens (tertiary/aromatic N) is 3. The van der Waals surface area contributed by atoms with Crippen LogP contribution in [0, 0.1) is 5.92 Å². The zero-order chi connectivity index (χ0) is 19.0. The Labute approximate surface area is 169 Å². The number of thiazole rings is 1. The van der Waals surface area contributed by atoms with Gasteiger partial charge in [0.2, 0.25) is 11.8 Å². The minimum atomic E-state index is -0.330. The third kappa shape index (κ3) is 3.61. The largest absolute Gasteiger partial charge is 0.339 e. The van der Waals surface area contributed by atoms with E-state index in [-0.39, 0.29) is 24.2 Å². The van der Waals surface area contributed by atoms with Crippen molar-refractivity contribution in [1.82, 2.24) is 9.88 Å². The number of halogens is 1. The van der Waals surface area contributed by atoms with Gasteiger partial charge in [0.05, 0.1) is 28.4 Å². The van der Waals surface area contributed by atoms with Crippen molar-refractivity contribution < 1.29 is 9.59 Å². The third-order valence-electron chi connectivity index (χ3n) is 4.70. The highest BCUT2D eigenvalue weighted by Gasteiger charge is 2.37. The van der Waals surface area contributed by atoms with Gasteiger partial charge in [-0.2, -0.15) is 0 Å². The van der Waals surface area contributed by atoms with Gasteiger partial charge in [0.1, 0.15) is 5.01 Å². The molecule has 3 aromatic rings. The summed E-state index contributed by atoms with van der Waals surface area (Å²) in [6.45, 7) is 0.863. The SMILES string of the molecule is CN(Cc1nc2ccccc2s1)C(=O)C1CC(=O)N(c2ccccc2Br)C1. The van der Waals surface area contributed by atoms with Crippen molar-refractivity contribution in [3.63, 3.8) is 0 Å². The molecule has 4 rings (SSSR count). The van der Waals surface area contributed by atoms with Gasteiger partial charge in [-0.1, -0.05) is 24.3 Å². The summed E-state index contributed by atoms with van der Waals surface area (Å²) < 4.78 is 1.97. The summed E-state index contributed by atoms with van der Waals surface area (Å²) in [5.74, 6) is -0.366. The van der Waals surface area contributed by atoms with Gasteiger partial charge < -0.3 is 9.80 Å².